The topological polar surface area (TPSA) is 38.9 Å². The molecule has 1 unspecified atom stereocenters. The predicted octanol–water partition coefficient (Wildman–Crippen LogP) is 2.31. The lowest BCUT2D eigenvalue weighted by Gasteiger charge is -2.05. The average Bonchev–Trinajstić information content (AvgIpc) is 2.68. The third-order valence-corrected chi connectivity index (χ3v) is 3.18. The largest absolute Gasteiger partial charge is 0.327 e. The van der Waals surface area contributed by atoms with Gasteiger partial charge in [0.2, 0.25) is 0 Å². The lowest BCUT2D eigenvalue weighted by Crippen LogP contribution is -2.19. The summed E-state index contributed by atoms with van der Waals surface area (Å²) in [6.07, 6.45) is 3.40. The molecule has 2 nitrogen and oxygen atoms in total. The van der Waals surface area contributed by atoms with E-state index in [1.54, 1.807) is 18.3 Å². The zero-order valence-corrected chi connectivity index (χ0v) is 9.36. The number of nitrogens with two attached hydrogens (primary N) is 1. The normalized spacial score (nSPS) is 18.1. The number of fused-ring (bicyclic) bond motifs is 1. The highest BCUT2D eigenvalue weighted by molar-refractivity contribution is 5.64. The molecule has 86 valence electrons. The Morgan fingerprint density at radius 2 is 2.06 bits per heavy atom. The Morgan fingerprint density at radius 3 is 2.88 bits per heavy atom. The van der Waals surface area contributed by atoms with Crippen molar-refractivity contribution in [3.63, 3.8) is 0 Å². The van der Waals surface area contributed by atoms with Gasteiger partial charge >= 0.3 is 0 Å². The quantitative estimate of drug-likeness (QED) is 0.813. The van der Waals surface area contributed by atoms with E-state index in [4.69, 9.17) is 5.73 Å². The van der Waals surface area contributed by atoms with Crippen LogP contribution in [0.25, 0.3) is 11.1 Å². The van der Waals surface area contributed by atoms with Gasteiger partial charge in [-0.25, -0.2) is 4.39 Å². The zero-order valence-electron chi connectivity index (χ0n) is 9.36. The van der Waals surface area contributed by atoms with Crippen LogP contribution in [0.5, 0.6) is 0 Å². The van der Waals surface area contributed by atoms with Gasteiger partial charge in [-0.15, -0.1) is 0 Å². The van der Waals surface area contributed by atoms with Crippen LogP contribution in [0.15, 0.2) is 36.5 Å². The van der Waals surface area contributed by atoms with E-state index in [0.29, 0.717) is 5.56 Å². The number of hydrogen-bond donors (Lipinski definition) is 1. The highest BCUT2D eigenvalue weighted by Crippen LogP contribution is 2.27. The highest BCUT2D eigenvalue weighted by atomic mass is 19.1. The van der Waals surface area contributed by atoms with Crippen molar-refractivity contribution in [2.24, 2.45) is 5.73 Å². The third kappa shape index (κ3) is 1.83. The van der Waals surface area contributed by atoms with E-state index in [1.165, 1.54) is 6.07 Å². The minimum absolute atomic E-state index is 0.161. The van der Waals surface area contributed by atoms with Gasteiger partial charge in [-0.3, -0.25) is 4.98 Å². The molecule has 3 heteroatoms. The summed E-state index contributed by atoms with van der Waals surface area (Å²) in [5.74, 6) is -0.212. The molecule has 3 rings (SSSR count). The highest BCUT2D eigenvalue weighted by Gasteiger charge is 2.20. The van der Waals surface area contributed by atoms with Crippen LogP contribution in [-0.2, 0) is 12.8 Å². The minimum Gasteiger partial charge on any atom is -0.327 e. The lowest BCUT2D eigenvalue weighted by molar-refractivity contribution is 0.631. The van der Waals surface area contributed by atoms with Gasteiger partial charge in [0.1, 0.15) is 5.82 Å². The first-order valence-corrected chi connectivity index (χ1v) is 5.72. The summed E-state index contributed by atoms with van der Waals surface area (Å²) in [5.41, 5.74) is 9.52. The Kier molecular flexibility index (Phi) is 2.41. The van der Waals surface area contributed by atoms with Crippen LogP contribution in [0.3, 0.4) is 0 Å². The van der Waals surface area contributed by atoms with E-state index in [-0.39, 0.29) is 11.9 Å². The van der Waals surface area contributed by atoms with E-state index < -0.39 is 0 Å². The molecule has 0 saturated heterocycles. The number of halogens is 1. The molecule has 1 heterocycles. The first-order chi connectivity index (χ1) is 8.24. The summed E-state index contributed by atoms with van der Waals surface area (Å²) in [6.45, 7) is 0. The van der Waals surface area contributed by atoms with Crippen LogP contribution >= 0.6 is 0 Å². The van der Waals surface area contributed by atoms with Crippen molar-refractivity contribution >= 4 is 0 Å². The fourth-order valence-corrected chi connectivity index (χ4v) is 2.34. The van der Waals surface area contributed by atoms with Gasteiger partial charge in [0.15, 0.2) is 0 Å². The van der Waals surface area contributed by atoms with Gasteiger partial charge in [-0.1, -0.05) is 18.2 Å². The molecule has 0 amide bonds. The van der Waals surface area contributed by atoms with Crippen LogP contribution in [0.2, 0.25) is 0 Å². The Hall–Kier alpha value is -1.74. The van der Waals surface area contributed by atoms with E-state index in [1.807, 2.05) is 12.1 Å². The van der Waals surface area contributed by atoms with Gasteiger partial charge in [0.25, 0.3) is 0 Å². The van der Waals surface area contributed by atoms with E-state index in [2.05, 4.69) is 4.98 Å². The van der Waals surface area contributed by atoms with Crippen molar-refractivity contribution in [3.8, 4) is 11.1 Å². The lowest BCUT2D eigenvalue weighted by atomic mass is 10.0. The summed E-state index contributed by atoms with van der Waals surface area (Å²) in [5, 5.41) is 0. The zero-order chi connectivity index (χ0) is 11.8. The molecule has 17 heavy (non-hydrogen) atoms. The average molecular weight is 228 g/mol. The van der Waals surface area contributed by atoms with Crippen molar-refractivity contribution in [2.45, 2.75) is 18.9 Å². The number of rotatable bonds is 1. The van der Waals surface area contributed by atoms with Crippen molar-refractivity contribution < 1.29 is 4.39 Å². The van der Waals surface area contributed by atoms with Crippen molar-refractivity contribution in [2.75, 3.05) is 0 Å². The van der Waals surface area contributed by atoms with Gasteiger partial charge in [0, 0.05) is 35.5 Å². The molecule has 1 aromatic heterocycles. The number of hydrogen-bond acceptors (Lipinski definition) is 2. The van der Waals surface area contributed by atoms with Gasteiger partial charge < -0.3 is 5.73 Å². The molecular formula is C14H13FN2. The van der Waals surface area contributed by atoms with E-state index >= 15 is 0 Å². The Bertz CT molecular complexity index is 566. The molecule has 0 saturated carbocycles. The second kappa shape index (κ2) is 3.93. The van der Waals surface area contributed by atoms with Crippen LogP contribution in [0.4, 0.5) is 4.39 Å². The maximum Gasteiger partial charge on any atom is 0.131 e. The van der Waals surface area contributed by atoms with Gasteiger partial charge in [-0.05, 0) is 24.1 Å². The number of nitrogens with zero attached hydrogens (tertiary/aromatic N) is 1. The predicted molar refractivity (Wildman–Crippen MR) is 65.0 cm³/mol. The molecule has 0 spiro atoms. The van der Waals surface area contributed by atoms with Crippen LogP contribution in [0.1, 0.15) is 11.3 Å². The second-order valence-corrected chi connectivity index (χ2v) is 4.48. The SMILES string of the molecule is NC1Cc2cc(-c3ccccc3F)cnc2C1. The molecule has 0 aliphatic heterocycles. The molecule has 1 aliphatic carbocycles. The minimum atomic E-state index is -0.212. The van der Waals surface area contributed by atoms with Crippen LogP contribution in [-0.4, -0.2) is 11.0 Å². The molecule has 0 radical (unpaired) electrons. The molecule has 0 fully saturated rings. The third-order valence-electron chi connectivity index (χ3n) is 3.18. The maximum absolute atomic E-state index is 13.7. The van der Waals surface area contributed by atoms with Crippen LogP contribution in [0, 0.1) is 5.82 Å². The van der Waals surface area contributed by atoms with Crippen molar-refractivity contribution in [1.82, 2.24) is 4.98 Å². The number of aromatic nitrogens is 1. The Labute approximate surface area is 99.3 Å². The Balaban J connectivity index is 2.07. The van der Waals surface area contributed by atoms with Crippen molar-refractivity contribution in [3.05, 3.63) is 53.6 Å². The molecule has 1 aromatic carbocycles. The monoisotopic (exact) mass is 228 g/mol. The summed E-state index contributed by atoms with van der Waals surface area (Å²) in [6, 6.07) is 8.93. The van der Waals surface area contributed by atoms with E-state index in [0.717, 1.165) is 29.7 Å². The first-order valence-electron chi connectivity index (χ1n) is 5.72. The summed E-state index contributed by atoms with van der Waals surface area (Å²) >= 11 is 0. The molecule has 1 atom stereocenters. The van der Waals surface area contributed by atoms with E-state index in [9.17, 15) is 4.39 Å². The fraction of sp³-hybridized carbons (Fsp3) is 0.214. The second-order valence-electron chi connectivity index (χ2n) is 4.48. The number of benzene rings is 1. The summed E-state index contributed by atoms with van der Waals surface area (Å²) in [4.78, 5) is 4.38. The maximum atomic E-state index is 13.7. The van der Waals surface area contributed by atoms with Gasteiger partial charge in [0.05, 0.1) is 0 Å². The molecule has 1 aliphatic rings. The van der Waals surface area contributed by atoms with Crippen molar-refractivity contribution in [1.29, 1.82) is 0 Å². The first kappa shape index (κ1) is 10.4. The molecule has 2 N–H and O–H groups in total. The smallest absolute Gasteiger partial charge is 0.131 e. The Morgan fingerprint density at radius 1 is 1.24 bits per heavy atom. The summed E-state index contributed by atoms with van der Waals surface area (Å²) < 4.78 is 13.7. The van der Waals surface area contributed by atoms with Gasteiger partial charge in [-0.2, -0.15) is 0 Å². The molecule has 0 bridgehead atoms. The van der Waals surface area contributed by atoms with Crippen LogP contribution < -0.4 is 5.73 Å². The molecule has 2 aromatic rings. The fourth-order valence-electron chi connectivity index (χ4n) is 2.34. The molecular weight excluding hydrogens is 215 g/mol. The number of pyridine rings is 1. The summed E-state index contributed by atoms with van der Waals surface area (Å²) in [7, 11) is 0. The standard InChI is InChI=1S/C14H13FN2/c15-13-4-2-1-3-12(13)10-5-9-6-11(16)7-14(9)17-8-10/h1-5,8,11H,6-7,16H2.